The van der Waals surface area contributed by atoms with Crippen LogP contribution >= 0.6 is 11.3 Å². The molecule has 1 aliphatic heterocycles. The highest BCUT2D eigenvalue weighted by molar-refractivity contribution is 7.08. The second-order valence-corrected chi connectivity index (χ2v) is 3.64. The highest BCUT2D eigenvalue weighted by atomic mass is 32.1. The second kappa shape index (κ2) is 2.34. The zero-order valence-electron chi connectivity index (χ0n) is 6.26. The maximum Gasteiger partial charge on any atom is 0.225 e. The van der Waals surface area contributed by atoms with Gasteiger partial charge in [0.1, 0.15) is 0 Å². The summed E-state index contributed by atoms with van der Waals surface area (Å²) >= 11 is 1.65. The fourth-order valence-corrected chi connectivity index (χ4v) is 2.28. The van der Waals surface area contributed by atoms with Gasteiger partial charge in [0.15, 0.2) is 0 Å². The number of carbonyl (C=O) groups is 1. The average Bonchev–Trinajstić information content (AvgIpc) is 2.34. The SMILES string of the molecule is CC1CC(=O)Nc2cscc21. The summed E-state index contributed by atoms with van der Waals surface area (Å²) in [6.45, 7) is 2.09. The summed E-state index contributed by atoms with van der Waals surface area (Å²) in [4.78, 5) is 11.0. The first-order chi connectivity index (χ1) is 5.27. The van der Waals surface area contributed by atoms with Crippen LogP contribution in [-0.2, 0) is 4.79 Å². The maximum absolute atomic E-state index is 11.0. The Morgan fingerprint density at radius 3 is 3.27 bits per heavy atom. The Hall–Kier alpha value is -0.830. The van der Waals surface area contributed by atoms with E-state index >= 15 is 0 Å². The lowest BCUT2D eigenvalue weighted by Crippen LogP contribution is -2.19. The van der Waals surface area contributed by atoms with E-state index in [9.17, 15) is 4.79 Å². The summed E-state index contributed by atoms with van der Waals surface area (Å²) in [5.74, 6) is 0.536. The van der Waals surface area contributed by atoms with Gasteiger partial charge in [-0.05, 0) is 16.9 Å². The van der Waals surface area contributed by atoms with E-state index < -0.39 is 0 Å². The van der Waals surface area contributed by atoms with Gasteiger partial charge in [0.05, 0.1) is 5.69 Å². The molecule has 1 aliphatic rings. The van der Waals surface area contributed by atoms with E-state index in [4.69, 9.17) is 0 Å². The lowest BCUT2D eigenvalue weighted by atomic mass is 9.96. The van der Waals surface area contributed by atoms with Gasteiger partial charge in [0, 0.05) is 11.8 Å². The zero-order valence-corrected chi connectivity index (χ0v) is 7.07. The van der Waals surface area contributed by atoms with Gasteiger partial charge in [-0.1, -0.05) is 6.92 Å². The predicted octanol–water partition coefficient (Wildman–Crippen LogP) is 2.19. The van der Waals surface area contributed by atoms with Gasteiger partial charge >= 0.3 is 0 Å². The van der Waals surface area contributed by atoms with Crippen LogP contribution in [0.15, 0.2) is 10.8 Å². The minimum Gasteiger partial charge on any atom is -0.325 e. The number of nitrogens with one attached hydrogen (secondary N) is 1. The molecule has 0 bridgehead atoms. The van der Waals surface area contributed by atoms with Gasteiger partial charge in [0.2, 0.25) is 5.91 Å². The van der Waals surface area contributed by atoms with Crippen LogP contribution in [0.3, 0.4) is 0 Å². The summed E-state index contributed by atoms with van der Waals surface area (Å²) < 4.78 is 0. The molecule has 0 aromatic carbocycles. The summed E-state index contributed by atoms with van der Waals surface area (Å²) in [5.41, 5.74) is 2.30. The number of anilines is 1. The smallest absolute Gasteiger partial charge is 0.225 e. The Kier molecular flexibility index (Phi) is 1.46. The van der Waals surface area contributed by atoms with Crippen molar-refractivity contribution >= 4 is 22.9 Å². The van der Waals surface area contributed by atoms with Crippen molar-refractivity contribution in [1.82, 2.24) is 0 Å². The van der Waals surface area contributed by atoms with Crippen molar-refractivity contribution in [1.29, 1.82) is 0 Å². The van der Waals surface area contributed by atoms with Crippen molar-refractivity contribution < 1.29 is 4.79 Å². The number of fused-ring (bicyclic) bond motifs is 1. The molecular weight excluding hydrogens is 158 g/mol. The molecule has 0 saturated heterocycles. The first-order valence-corrected chi connectivity index (χ1v) is 4.57. The first kappa shape index (κ1) is 6.85. The Morgan fingerprint density at radius 2 is 2.45 bits per heavy atom. The number of carbonyl (C=O) groups excluding carboxylic acids is 1. The van der Waals surface area contributed by atoms with Gasteiger partial charge in [-0.25, -0.2) is 0 Å². The van der Waals surface area contributed by atoms with E-state index in [1.54, 1.807) is 11.3 Å². The van der Waals surface area contributed by atoms with Crippen LogP contribution in [0.1, 0.15) is 24.8 Å². The lowest BCUT2D eigenvalue weighted by molar-refractivity contribution is -0.116. The Bertz CT molecular complexity index is 292. The second-order valence-electron chi connectivity index (χ2n) is 2.89. The van der Waals surface area contributed by atoms with Crippen LogP contribution in [-0.4, -0.2) is 5.91 Å². The molecule has 3 heteroatoms. The number of rotatable bonds is 0. The Labute approximate surface area is 69.2 Å². The molecule has 1 unspecified atom stereocenters. The minimum absolute atomic E-state index is 0.142. The molecule has 1 aromatic rings. The molecule has 1 aromatic heterocycles. The van der Waals surface area contributed by atoms with Crippen molar-refractivity contribution in [3.05, 3.63) is 16.3 Å². The van der Waals surface area contributed by atoms with Crippen molar-refractivity contribution in [2.45, 2.75) is 19.3 Å². The predicted molar refractivity (Wildman–Crippen MR) is 46.0 cm³/mol. The van der Waals surface area contributed by atoms with Gasteiger partial charge in [-0.3, -0.25) is 4.79 Å². The number of thiophene rings is 1. The third-order valence-corrected chi connectivity index (χ3v) is 2.75. The molecule has 2 nitrogen and oxygen atoms in total. The zero-order chi connectivity index (χ0) is 7.84. The molecule has 58 valence electrons. The standard InChI is InChI=1S/C8H9NOS/c1-5-2-8(10)9-7-4-11-3-6(5)7/h3-5H,2H2,1H3,(H,9,10). The Morgan fingerprint density at radius 1 is 1.64 bits per heavy atom. The average molecular weight is 167 g/mol. The topological polar surface area (TPSA) is 29.1 Å². The molecule has 1 atom stereocenters. The van der Waals surface area contributed by atoms with E-state index in [1.807, 2.05) is 5.38 Å². The van der Waals surface area contributed by atoms with Gasteiger partial charge in [-0.2, -0.15) is 0 Å². The molecule has 0 saturated carbocycles. The molecule has 2 rings (SSSR count). The van der Waals surface area contributed by atoms with Gasteiger partial charge in [-0.15, -0.1) is 11.3 Å². The van der Waals surface area contributed by atoms with Crippen LogP contribution in [0.25, 0.3) is 0 Å². The van der Waals surface area contributed by atoms with Gasteiger partial charge in [0.25, 0.3) is 0 Å². The fraction of sp³-hybridized carbons (Fsp3) is 0.375. The third kappa shape index (κ3) is 1.05. The summed E-state index contributed by atoms with van der Waals surface area (Å²) in [6.07, 6.45) is 0.629. The van der Waals surface area contributed by atoms with Crippen molar-refractivity contribution in [2.75, 3.05) is 5.32 Å². The number of hydrogen-bond donors (Lipinski definition) is 1. The quantitative estimate of drug-likeness (QED) is 0.630. The lowest BCUT2D eigenvalue weighted by Gasteiger charge is -2.18. The van der Waals surface area contributed by atoms with Crippen LogP contribution in [0.5, 0.6) is 0 Å². The monoisotopic (exact) mass is 167 g/mol. The molecular formula is C8H9NOS. The van der Waals surface area contributed by atoms with Gasteiger partial charge < -0.3 is 5.32 Å². The third-order valence-electron chi connectivity index (χ3n) is 1.99. The van der Waals surface area contributed by atoms with E-state index in [0.29, 0.717) is 12.3 Å². The number of amides is 1. The van der Waals surface area contributed by atoms with E-state index in [1.165, 1.54) is 5.56 Å². The van der Waals surface area contributed by atoms with Crippen LogP contribution in [0.4, 0.5) is 5.69 Å². The highest BCUT2D eigenvalue weighted by Gasteiger charge is 2.21. The molecule has 0 radical (unpaired) electrons. The first-order valence-electron chi connectivity index (χ1n) is 3.63. The van der Waals surface area contributed by atoms with Crippen LogP contribution in [0, 0.1) is 0 Å². The summed E-state index contributed by atoms with van der Waals surface area (Å²) in [6, 6.07) is 0. The minimum atomic E-state index is 0.142. The van der Waals surface area contributed by atoms with E-state index in [0.717, 1.165) is 5.69 Å². The number of hydrogen-bond acceptors (Lipinski definition) is 2. The van der Waals surface area contributed by atoms with Crippen LogP contribution in [0.2, 0.25) is 0 Å². The molecule has 0 aliphatic carbocycles. The highest BCUT2D eigenvalue weighted by Crippen LogP contribution is 2.34. The fourth-order valence-electron chi connectivity index (χ4n) is 1.38. The molecule has 0 spiro atoms. The molecule has 0 fully saturated rings. The molecule has 2 heterocycles. The summed E-state index contributed by atoms with van der Waals surface area (Å²) in [5, 5.41) is 6.94. The molecule has 1 amide bonds. The largest absolute Gasteiger partial charge is 0.325 e. The van der Waals surface area contributed by atoms with Crippen molar-refractivity contribution in [3.8, 4) is 0 Å². The van der Waals surface area contributed by atoms with E-state index in [2.05, 4.69) is 17.6 Å². The van der Waals surface area contributed by atoms with Crippen molar-refractivity contribution in [3.63, 3.8) is 0 Å². The Balaban J connectivity index is 2.43. The summed E-state index contributed by atoms with van der Waals surface area (Å²) in [7, 11) is 0. The molecule has 11 heavy (non-hydrogen) atoms. The molecule has 1 N–H and O–H groups in total. The van der Waals surface area contributed by atoms with E-state index in [-0.39, 0.29) is 5.91 Å². The van der Waals surface area contributed by atoms with Crippen molar-refractivity contribution in [2.24, 2.45) is 0 Å². The van der Waals surface area contributed by atoms with Crippen LogP contribution < -0.4 is 5.32 Å². The maximum atomic E-state index is 11.0. The normalized spacial score (nSPS) is 22.6.